The van der Waals surface area contributed by atoms with Crippen molar-refractivity contribution in [2.24, 2.45) is 0 Å². The molecule has 116 valence electrons. The zero-order chi connectivity index (χ0) is 16.2. The molecular weight excluding hydrogens is 295 g/mol. The van der Waals surface area contributed by atoms with Gasteiger partial charge >= 0.3 is 0 Å². The lowest BCUT2D eigenvalue weighted by Crippen LogP contribution is -2.13. The predicted octanol–water partition coefficient (Wildman–Crippen LogP) is 3.03. The van der Waals surface area contributed by atoms with Crippen LogP contribution < -0.4 is 5.32 Å². The summed E-state index contributed by atoms with van der Waals surface area (Å²) in [5.41, 5.74) is 2.11. The molecule has 0 radical (unpaired) electrons. The second-order valence-corrected chi connectivity index (χ2v) is 5.18. The van der Waals surface area contributed by atoms with Crippen LogP contribution in [0, 0.1) is 12.7 Å². The predicted molar refractivity (Wildman–Crippen MR) is 84.7 cm³/mol. The number of nitrogens with one attached hydrogen (secondary N) is 1. The third-order valence-electron chi connectivity index (χ3n) is 3.37. The third-order valence-corrected chi connectivity index (χ3v) is 3.37. The maximum Gasteiger partial charge on any atom is 0.258 e. The number of anilines is 1. The Labute approximate surface area is 132 Å². The fraction of sp³-hybridized carbons (Fsp3) is 0.118. The molecule has 5 nitrogen and oxygen atoms in total. The number of hydrogen-bond donors (Lipinski definition) is 1. The maximum atomic E-state index is 13.6. The van der Waals surface area contributed by atoms with Crippen molar-refractivity contribution in [2.75, 3.05) is 5.32 Å². The van der Waals surface area contributed by atoms with E-state index in [1.165, 1.54) is 17.1 Å². The first-order valence-corrected chi connectivity index (χ1v) is 7.13. The van der Waals surface area contributed by atoms with Gasteiger partial charge in [0, 0.05) is 11.1 Å². The van der Waals surface area contributed by atoms with Crippen LogP contribution in [0.4, 0.5) is 10.3 Å². The Balaban J connectivity index is 1.68. The van der Waals surface area contributed by atoms with E-state index in [4.69, 9.17) is 0 Å². The molecule has 1 heterocycles. The molecule has 0 unspecified atom stereocenters. The van der Waals surface area contributed by atoms with Gasteiger partial charge in [0.1, 0.15) is 12.1 Å². The van der Waals surface area contributed by atoms with Crippen molar-refractivity contribution in [1.29, 1.82) is 0 Å². The summed E-state index contributed by atoms with van der Waals surface area (Å²) in [5, 5.41) is 6.76. The Morgan fingerprint density at radius 1 is 1.17 bits per heavy atom. The standard InChI is InChI=1S/C17H15FN4O/c1-12-6-8-13(9-7-12)16(23)20-17-19-11-22(21-17)10-14-4-2-3-5-15(14)18/h2-9,11H,10H2,1H3,(H,20,21,23). The molecule has 2 aromatic carbocycles. The van der Waals surface area contributed by atoms with Crippen molar-refractivity contribution in [1.82, 2.24) is 14.8 Å². The van der Waals surface area contributed by atoms with Crippen molar-refractivity contribution >= 4 is 11.9 Å². The molecule has 1 amide bonds. The summed E-state index contributed by atoms with van der Waals surface area (Å²) in [6.07, 6.45) is 1.46. The summed E-state index contributed by atoms with van der Waals surface area (Å²) in [5.74, 6) is -0.395. The summed E-state index contributed by atoms with van der Waals surface area (Å²) >= 11 is 0. The summed E-state index contributed by atoms with van der Waals surface area (Å²) in [4.78, 5) is 16.1. The van der Waals surface area contributed by atoms with E-state index in [0.29, 0.717) is 11.1 Å². The average molecular weight is 310 g/mol. The number of amides is 1. The van der Waals surface area contributed by atoms with Crippen molar-refractivity contribution in [2.45, 2.75) is 13.5 Å². The van der Waals surface area contributed by atoms with Gasteiger partial charge in [-0.2, -0.15) is 0 Å². The van der Waals surface area contributed by atoms with Gasteiger partial charge in [-0.1, -0.05) is 35.9 Å². The second kappa shape index (κ2) is 6.39. The van der Waals surface area contributed by atoms with Gasteiger partial charge in [-0.15, -0.1) is 5.10 Å². The highest BCUT2D eigenvalue weighted by Gasteiger charge is 2.09. The quantitative estimate of drug-likeness (QED) is 0.806. The van der Waals surface area contributed by atoms with Crippen LogP contribution in [0.1, 0.15) is 21.5 Å². The fourth-order valence-electron chi connectivity index (χ4n) is 2.11. The van der Waals surface area contributed by atoms with Crippen molar-refractivity contribution in [3.05, 3.63) is 77.4 Å². The number of aryl methyl sites for hydroxylation is 1. The zero-order valence-electron chi connectivity index (χ0n) is 12.5. The highest BCUT2D eigenvalue weighted by atomic mass is 19.1. The number of carbonyl (C=O) groups excluding carboxylic acids is 1. The van der Waals surface area contributed by atoms with E-state index in [9.17, 15) is 9.18 Å². The van der Waals surface area contributed by atoms with Gasteiger partial charge in [-0.25, -0.2) is 14.1 Å². The average Bonchev–Trinajstić information content (AvgIpc) is 2.97. The van der Waals surface area contributed by atoms with E-state index in [-0.39, 0.29) is 24.2 Å². The highest BCUT2D eigenvalue weighted by molar-refractivity contribution is 6.03. The van der Waals surface area contributed by atoms with Gasteiger partial charge in [0.2, 0.25) is 5.95 Å². The minimum atomic E-state index is -0.298. The molecule has 0 atom stereocenters. The first-order chi connectivity index (χ1) is 11.1. The molecule has 1 N–H and O–H groups in total. The molecule has 0 aliphatic carbocycles. The van der Waals surface area contributed by atoms with Gasteiger partial charge < -0.3 is 0 Å². The fourth-order valence-corrected chi connectivity index (χ4v) is 2.11. The van der Waals surface area contributed by atoms with Crippen LogP contribution in [-0.2, 0) is 6.54 Å². The Kier molecular flexibility index (Phi) is 4.14. The number of aromatic nitrogens is 3. The van der Waals surface area contributed by atoms with Crippen molar-refractivity contribution in [3.8, 4) is 0 Å². The summed E-state index contributed by atoms with van der Waals surface area (Å²) in [6, 6.07) is 13.7. The van der Waals surface area contributed by atoms with E-state index in [2.05, 4.69) is 15.4 Å². The highest BCUT2D eigenvalue weighted by Crippen LogP contribution is 2.10. The molecular formula is C17H15FN4O. The Morgan fingerprint density at radius 2 is 1.91 bits per heavy atom. The van der Waals surface area contributed by atoms with Crippen molar-refractivity contribution in [3.63, 3.8) is 0 Å². The van der Waals surface area contributed by atoms with Gasteiger partial charge in [-0.05, 0) is 25.1 Å². The summed E-state index contributed by atoms with van der Waals surface area (Å²) in [6.45, 7) is 2.20. The van der Waals surface area contributed by atoms with Crippen LogP contribution in [0.3, 0.4) is 0 Å². The Hall–Kier alpha value is -3.02. The third kappa shape index (κ3) is 3.60. The van der Waals surface area contributed by atoms with E-state index in [1.807, 2.05) is 19.1 Å². The van der Waals surface area contributed by atoms with Crippen LogP contribution in [0.25, 0.3) is 0 Å². The molecule has 0 aliphatic heterocycles. The number of hydrogen-bond acceptors (Lipinski definition) is 3. The lowest BCUT2D eigenvalue weighted by molar-refractivity contribution is 0.102. The SMILES string of the molecule is Cc1ccc(C(=O)Nc2ncn(Cc3ccccc3F)n2)cc1. The molecule has 0 bridgehead atoms. The Bertz CT molecular complexity index is 827. The van der Waals surface area contributed by atoms with Gasteiger partial charge in [0.15, 0.2) is 0 Å². The first-order valence-electron chi connectivity index (χ1n) is 7.13. The molecule has 1 aromatic heterocycles. The van der Waals surface area contributed by atoms with E-state index < -0.39 is 0 Å². The lowest BCUT2D eigenvalue weighted by Gasteiger charge is -2.03. The number of carbonyl (C=O) groups is 1. The molecule has 23 heavy (non-hydrogen) atoms. The number of nitrogens with zero attached hydrogens (tertiary/aromatic N) is 3. The molecule has 0 aliphatic rings. The maximum absolute atomic E-state index is 13.6. The monoisotopic (exact) mass is 310 g/mol. The molecule has 3 rings (SSSR count). The summed E-state index contributed by atoms with van der Waals surface area (Å²) in [7, 11) is 0. The number of benzene rings is 2. The van der Waals surface area contributed by atoms with E-state index >= 15 is 0 Å². The minimum absolute atomic E-state index is 0.187. The lowest BCUT2D eigenvalue weighted by atomic mass is 10.1. The van der Waals surface area contributed by atoms with E-state index in [1.54, 1.807) is 30.3 Å². The van der Waals surface area contributed by atoms with Crippen LogP contribution in [0.5, 0.6) is 0 Å². The molecule has 0 saturated heterocycles. The number of halogens is 1. The second-order valence-electron chi connectivity index (χ2n) is 5.18. The Morgan fingerprint density at radius 3 is 2.65 bits per heavy atom. The minimum Gasteiger partial charge on any atom is -0.289 e. The van der Waals surface area contributed by atoms with Crippen molar-refractivity contribution < 1.29 is 9.18 Å². The molecule has 0 spiro atoms. The molecule has 6 heteroatoms. The van der Waals surface area contributed by atoms with Gasteiger partial charge in [0.25, 0.3) is 5.91 Å². The topological polar surface area (TPSA) is 59.8 Å². The van der Waals surface area contributed by atoms with Crippen LogP contribution >= 0.6 is 0 Å². The van der Waals surface area contributed by atoms with Gasteiger partial charge in [-0.3, -0.25) is 10.1 Å². The first kappa shape index (κ1) is 14.9. The normalized spacial score (nSPS) is 10.5. The van der Waals surface area contributed by atoms with Crippen LogP contribution in [0.2, 0.25) is 0 Å². The largest absolute Gasteiger partial charge is 0.289 e. The van der Waals surface area contributed by atoms with Crippen LogP contribution in [-0.4, -0.2) is 20.7 Å². The zero-order valence-corrected chi connectivity index (χ0v) is 12.5. The molecule has 0 saturated carbocycles. The molecule has 0 fully saturated rings. The summed E-state index contributed by atoms with van der Waals surface area (Å²) < 4.78 is 15.1. The van der Waals surface area contributed by atoms with Crippen LogP contribution in [0.15, 0.2) is 54.9 Å². The smallest absolute Gasteiger partial charge is 0.258 e. The van der Waals surface area contributed by atoms with Gasteiger partial charge in [0.05, 0.1) is 6.54 Å². The molecule has 3 aromatic rings. The van der Waals surface area contributed by atoms with E-state index in [0.717, 1.165) is 5.56 Å². The number of rotatable bonds is 4.